The van der Waals surface area contributed by atoms with E-state index in [-0.39, 0.29) is 0 Å². The van der Waals surface area contributed by atoms with Gasteiger partial charge in [0.25, 0.3) is 0 Å². The lowest BCUT2D eigenvalue weighted by molar-refractivity contribution is 0.143. The first kappa shape index (κ1) is 13.9. The Labute approximate surface area is 115 Å². The number of ether oxygens (including phenoxy) is 2. The number of hydrogen-bond acceptors (Lipinski definition) is 3. The third-order valence-electron chi connectivity index (χ3n) is 2.33. The number of aryl methyl sites for hydroxylation is 1. The summed E-state index contributed by atoms with van der Waals surface area (Å²) in [7, 11) is 1.65. The highest BCUT2D eigenvalue weighted by Gasteiger charge is 2.11. The Hall–Kier alpha value is -0.200. The first-order chi connectivity index (χ1) is 7.57. The van der Waals surface area contributed by atoms with Crippen molar-refractivity contribution < 1.29 is 9.47 Å². The van der Waals surface area contributed by atoms with Crippen LogP contribution in [0.1, 0.15) is 16.7 Å². The Morgan fingerprint density at radius 2 is 2.00 bits per heavy atom. The zero-order valence-corrected chi connectivity index (χ0v) is 12.6. The van der Waals surface area contributed by atoms with Crippen LogP contribution < -0.4 is 0 Å². The van der Waals surface area contributed by atoms with Crippen LogP contribution in [0.15, 0.2) is 12.1 Å². The molecule has 2 nitrogen and oxygen atoms in total. The van der Waals surface area contributed by atoms with Gasteiger partial charge in [-0.15, -0.1) is 0 Å². The van der Waals surface area contributed by atoms with Crippen molar-refractivity contribution >= 4 is 39.9 Å². The minimum Gasteiger partial charge on any atom is -0.480 e. The van der Waals surface area contributed by atoms with Crippen LogP contribution in [-0.2, 0) is 9.47 Å². The predicted molar refractivity (Wildman–Crippen MR) is 78.2 cm³/mol. The summed E-state index contributed by atoms with van der Waals surface area (Å²) in [5.41, 5.74) is 3.38. The van der Waals surface area contributed by atoms with Crippen LogP contribution in [0.5, 0.6) is 0 Å². The topological polar surface area (TPSA) is 18.5 Å². The zero-order valence-electron chi connectivity index (χ0n) is 9.67. The van der Waals surface area contributed by atoms with Gasteiger partial charge in [0.15, 0.2) is 5.05 Å². The van der Waals surface area contributed by atoms with Crippen molar-refractivity contribution in [1.29, 1.82) is 0 Å². The minimum absolute atomic E-state index is 0.500. The van der Waals surface area contributed by atoms with Crippen molar-refractivity contribution in [2.24, 2.45) is 0 Å². The number of halogens is 1. The highest BCUT2D eigenvalue weighted by Crippen LogP contribution is 2.21. The summed E-state index contributed by atoms with van der Waals surface area (Å²) >= 11 is 7.59. The van der Waals surface area contributed by atoms with E-state index < -0.39 is 0 Å². The lowest BCUT2D eigenvalue weighted by Gasteiger charge is -2.13. The fourth-order valence-corrected chi connectivity index (χ4v) is 2.27. The Balaban J connectivity index is 2.86. The lowest BCUT2D eigenvalue weighted by atomic mass is 10.0. The van der Waals surface area contributed by atoms with Crippen LogP contribution in [0, 0.1) is 17.4 Å². The fourth-order valence-electron chi connectivity index (χ4n) is 1.43. The summed E-state index contributed by atoms with van der Waals surface area (Å²) in [6, 6.07) is 4.16. The van der Waals surface area contributed by atoms with E-state index in [1.54, 1.807) is 7.11 Å². The molecule has 0 aromatic heterocycles. The molecule has 0 atom stereocenters. The maximum absolute atomic E-state index is 5.49. The number of hydrogen-bond donors (Lipinski definition) is 0. The summed E-state index contributed by atoms with van der Waals surface area (Å²) in [6.45, 7) is 5.17. The largest absolute Gasteiger partial charge is 0.480 e. The smallest absolute Gasteiger partial charge is 0.191 e. The van der Waals surface area contributed by atoms with Gasteiger partial charge in [0.2, 0.25) is 0 Å². The molecule has 0 spiro atoms. The van der Waals surface area contributed by atoms with Gasteiger partial charge < -0.3 is 9.47 Å². The number of benzene rings is 1. The molecular formula is C12H15IO2S. The maximum Gasteiger partial charge on any atom is 0.191 e. The van der Waals surface area contributed by atoms with Crippen molar-refractivity contribution in [3.05, 3.63) is 32.4 Å². The molecule has 0 N–H and O–H groups in total. The molecule has 0 aliphatic heterocycles. The van der Waals surface area contributed by atoms with E-state index in [9.17, 15) is 0 Å². The summed E-state index contributed by atoms with van der Waals surface area (Å²) in [5, 5.41) is 0.561. The number of thiocarbonyl (C=S) groups is 1. The minimum atomic E-state index is 0.500. The van der Waals surface area contributed by atoms with E-state index in [1.807, 2.05) is 6.92 Å². The van der Waals surface area contributed by atoms with Gasteiger partial charge in [0, 0.05) is 16.2 Å². The Kier molecular flexibility index (Phi) is 5.64. The molecule has 1 aromatic carbocycles. The summed E-state index contributed by atoms with van der Waals surface area (Å²) < 4.78 is 11.6. The second-order valence-electron chi connectivity index (χ2n) is 3.49. The van der Waals surface area contributed by atoms with E-state index in [1.165, 1.54) is 9.13 Å². The molecule has 1 aromatic rings. The summed E-state index contributed by atoms with van der Waals surface area (Å²) in [4.78, 5) is 0. The van der Waals surface area contributed by atoms with Crippen molar-refractivity contribution in [1.82, 2.24) is 0 Å². The summed E-state index contributed by atoms with van der Waals surface area (Å²) in [5.74, 6) is 0. The van der Waals surface area contributed by atoms with Crippen LogP contribution in [0.4, 0.5) is 0 Å². The SMILES string of the molecule is COCCOC(=S)c1c(C)ccc(I)c1C. The van der Waals surface area contributed by atoms with Crippen LogP contribution in [0.3, 0.4) is 0 Å². The Bertz CT molecular complexity index is 391. The second kappa shape index (κ2) is 6.51. The molecule has 4 heteroatoms. The third-order valence-corrected chi connectivity index (χ3v) is 3.82. The molecule has 16 heavy (non-hydrogen) atoms. The average Bonchev–Trinajstić information content (AvgIpc) is 2.24. The van der Waals surface area contributed by atoms with Crippen molar-refractivity contribution in [2.75, 3.05) is 20.3 Å². The predicted octanol–water partition coefficient (Wildman–Crippen LogP) is 3.25. The van der Waals surface area contributed by atoms with Crippen molar-refractivity contribution in [2.45, 2.75) is 13.8 Å². The molecule has 0 amide bonds. The monoisotopic (exact) mass is 350 g/mol. The van der Waals surface area contributed by atoms with E-state index in [4.69, 9.17) is 21.7 Å². The molecule has 0 radical (unpaired) electrons. The van der Waals surface area contributed by atoms with Gasteiger partial charge >= 0.3 is 0 Å². The molecule has 0 saturated carbocycles. The maximum atomic E-state index is 5.49. The lowest BCUT2D eigenvalue weighted by Crippen LogP contribution is -2.12. The molecule has 0 aliphatic carbocycles. The first-order valence-corrected chi connectivity index (χ1v) is 6.48. The highest BCUT2D eigenvalue weighted by atomic mass is 127. The van der Waals surface area contributed by atoms with E-state index in [2.05, 4.69) is 41.6 Å². The van der Waals surface area contributed by atoms with Crippen LogP contribution >= 0.6 is 34.8 Å². The van der Waals surface area contributed by atoms with Gasteiger partial charge in [-0.05, 0) is 65.8 Å². The van der Waals surface area contributed by atoms with Gasteiger partial charge in [-0.1, -0.05) is 6.07 Å². The van der Waals surface area contributed by atoms with Gasteiger partial charge in [-0.25, -0.2) is 0 Å². The third kappa shape index (κ3) is 3.40. The van der Waals surface area contributed by atoms with E-state index in [0.29, 0.717) is 18.3 Å². The normalized spacial score (nSPS) is 10.2. The van der Waals surface area contributed by atoms with Gasteiger partial charge in [0.05, 0.1) is 6.61 Å². The van der Waals surface area contributed by atoms with Crippen LogP contribution in [0.25, 0.3) is 0 Å². The van der Waals surface area contributed by atoms with Gasteiger partial charge in [0.1, 0.15) is 6.61 Å². The van der Waals surface area contributed by atoms with Crippen LogP contribution in [-0.4, -0.2) is 25.4 Å². The molecule has 1 rings (SSSR count). The molecular weight excluding hydrogens is 335 g/mol. The quantitative estimate of drug-likeness (QED) is 0.472. The van der Waals surface area contributed by atoms with Gasteiger partial charge in [-0.3, -0.25) is 0 Å². The molecule has 0 bridgehead atoms. The molecule has 0 aliphatic rings. The first-order valence-electron chi connectivity index (χ1n) is 4.99. The fraction of sp³-hybridized carbons (Fsp3) is 0.417. The average molecular weight is 350 g/mol. The zero-order chi connectivity index (χ0) is 12.1. The molecule has 0 unspecified atom stereocenters. The Morgan fingerprint density at radius 1 is 1.31 bits per heavy atom. The Morgan fingerprint density at radius 3 is 2.62 bits per heavy atom. The number of methoxy groups -OCH3 is 1. The standard InChI is InChI=1S/C12H15IO2S/c1-8-4-5-10(13)9(2)11(8)12(16)15-7-6-14-3/h4-5H,6-7H2,1-3H3. The molecule has 0 saturated heterocycles. The molecule has 0 heterocycles. The van der Waals surface area contributed by atoms with Crippen molar-refractivity contribution in [3.8, 4) is 0 Å². The molecule has 88 valence electrons. The van der Waals surface area contributed by atoms with Crippen molar-refractivity contribution in [3.63, 3.8) is 0 Å². The van der Waals surface area contributed by atoms with Crippen LogP contribution in [0.2, 0.25) is 0 Å². The summed E-state index contributed by atoms with van der Waals surface area (Å²) in [6.07, 6.45) is 0. The van der Waals surface area contributed by atoms with E-state index in [0.717, 1.165) is 11.1 Å². The van der Waals surface area contributed by atoms with E-state index >= 15 is 0 Å². The second-order valence-corrected chi connectivity index (χ2v) is 5.03. The molecule has 0 fully saturated rings. The highest BCUT2D eigenvalue weighted by molar-refractivity contribution is 14.1. The van der Waals surface area contributed by atoms with Gasteiger partial charge in [-0.2, -0.15) is 0 Å². The number of rotatable bonds is 4.